The van der Waals surface area contributed by atoms with Gasteiger partial charge in [-0.3, -0.25) is 0 Å². The molecule has 0 nitrogen and oxygen atoms in total. The van der Waals surface area contributed by atoms with Gasteiger partial charge in [-0.2, -0.15) is 0 Å². The van der Waals surface area contributed by atoms with Crippen LogP contribution in [0.25, 0.3) is 0 Å². The molecule has 58 valence electrons. The van der Waals surface area contributed by atoms with Crippen LogP contribution in [0.15, 0.2) is 0 Å². The minimum atomic E-state index is 1.10. The Morgan fingerprint density at radius 2 is 1.30 bits per heavy atom. The fourth-order valence-corrected chi connectivity index (χ4v) is 2.70. The third-order valence-electron chi connectivity index (χ3n) is 3.58. The fourth-order valence-electron chi connectivity index (χ4n) is 2.70. The van der Waals surface area contributed by atoms with Crippen molar-refractivity contribution in [2.75, 3.05) is 0 Å². The Kier molecular flexibility index (Phi) is 1.71. The highest BCUT2D eigenvalue weighted by molar-refractivity contribution is 4.94. The Morgan fingerprint density at radius 1 is 0.800 bits per heavy atom. The molecule has 2 aliphatic rings. The van der Waals surface area contributed by atoms with E-state index >= 15 is 0 Å². The first kappa shape index (κ1) is 6.69. The molecule has 0 N–H and O–H groups in total. The number of hydrogen-bond acceptors (Lipinski definition) is 0. The van der Waals surface area contributed by atoms with Gasteiger partial charge in [-0.25, -0.2) is 0 Å². The summed E-state index contributed by atoms with van der Waals surface area (Å²) in [4.78, 5) is 0. The zero-order valence-electron chi connectivity index (χ0n) is 6.97. The van der Waals surface area contributed by atoms with Gasteiger partial charge < -0.3 is 0 Å². The number of fused-ring (bicyclic) bond motifs is 1. The van der Waals surface area contributed by atoms with Crippen molar-refractivity contribution < 1.29 is 0 Å². The van der Waals surface area contributed by atoms with Crippen molar-refractivity contribution >= 4 is 0 Å². The van der Waals surface area contributed by atoms with Crippen molar-refractivity contribution in [1.82, 2.24) is 0 Å². The second kappa shape index (κ2) is 2.56. The molecule has 0 spiro atoms. The summed E-state index contributed by atoms with van der Waals surface area (Å²) in [6, 6.07) is 0. The summed E-state index contributed by atoms with van der Waals surface area (Å²) >= 11 is 0. The van der Waals surface area contributed by atoms with E-state index in [1.54, 1.807) is 12.8 Å². The predicted octanol–water partition coefficient (Wildman–Crippen LogP) is 3.22. The van der Waals surface area contributed by atoms with Crippen LogP contribution in [0.5, 0.6) is 0 Å². The van der Waals surface area contributed by atoms with Gasteiger partial charge in [-0.05, 0) is 30.6 Å². The largest absolute Gasteiger partial charge is 0.0620 e. The molecule has 0 saturated heterocycles. The summed E-state index contributed by atoms with van der Waals surface area (Å²) in [5.41, 5.74) is 0. The van der Waals surface area contributed by atoms with E-state index in [1.807, 2.05) is 0 Å². The topological polar surface area (TPSA) is 0 Å². The van der Waals surface area contributed by atoms with E-state index in [2.05, 4.69) is 6.92 Å². The Balaban J connectivity index is 1.86. The van der Waals surface area contributed by atoms with E-state index in [1.165, 1.54) is 25.7 Å². The van der Waals surface area contributed by atoms with E-state index in [4.69, 9.17) is 0 Å². The van der Waals surface area contributed by atoms with Gasteiger partial charge >= 0.3 is 0 Å². The molecule has 2 rings (SSSR count). The van der Waals surface area contributed by atoms with Crippen LogP contribution >= 0.6 is 0 Å². The van der Waals surface area contributed by atoms with E-state index in [0.717, 1.165) is 17.8 Å². The van der Waals surface area contributed by atoms with Crippen LogP contribution in [0.3, 0.4) is 0 Å². The van der Waals surface area contributed by atoms with Gasteiger partial charge in [0.05, 0.1) is 0 Å². The van der Waals surface area contributed by atoms with Gasteiger partial charge in [0.25, 0.3) is 0 Å². The lowest BCUT2D eigenvalue weighted by Crippen LogP contribution is -1.90. The van der Waals surface area contributed by atoms with Gasteiger partial charge in [-0.1, -0.05) is 32.6 Å². The second-order valence-electron chi connectivity index (χ2n) is 4.18. The first-order chi connectivity index (χ1) is 4.89. The summed E-state index contributed by atoms with van der Waals surface area (Å²) in [6.45, 7) is 2.45. The molecule has 0 radical (unpaired) electrons. The number of rotatable bonds is 0. The van der Waals surface area contributed by atoms with E-state index in [0.29, 0.717) is 0 Å². The number of hydrogen-bond donors (Lipinski definition) is 0. The molecular formula is C10H18. The highest BCUT2D eigenvalue weighted by atomic mass is 14.5. The lowest BCUT2D eigenvalue weighted by molar-refractivity contribution is 0.485. The molecule has 2 fully saturated rings. The van der Waals surface area contributed by atoms with Crippen LogP contribution in [-0.4, -0.2) is 0 Å². The molecule has 2 saturated carbocycles. The Morgan fingerprint density at radius 3 is 1.80 bits per heavy atom. The van der Waals surface area contributed by atoms with Crippen LogP contribution in [0.4, 0.5) is 0 Å². The van der Waals surface area contributed by atoms with Gasteiger partial charge in [0.15, 0.2) is 0 Å². The summed E-state index contributed by atoms with van der Waals surface area (Å²) in [7, 11) is 0. The van der Waals surface area contributed by atoms with Crippen LogP contribution in [0.1, 0.15) is 45.4 Å². The lowest BCUT2D eigenvalue weighted by Gasteiger charge is -2.05. The van der Waals surface area contributed by atoms with Crippen LogP contribution < -0.4 is 0 Å². The Labute approximate surface area is 64.0 Å². The summed E-state index contributed by atoms with van der Waals surface area (Å²) in [5, 5.41) is 0. The molecule has 2 atom stereocenters. The van der Waals surface area contributed by atoms with Crippen LogP contribution in [-0.2, 0) is 0 Å². The van der Waals surface area contributed by atoms with Crippen LogP contribution in [0, 0.1) is 17.8 Å². The zero-order valence-corrected chi connectivity index (χ0v) is 6.97. The standard InChI is InChI=1S/C10H18/c1-8-9-6-4-2-3-5-7-10(8)9/h8-10H,2-7H2,1H3/t9-,10-/m0/s1. The molecule has 0 unspecified atom stereocenters. The van der Waals surface area contributed by atoms with Crippen molar-refractivity contribution in [2.24, 2.45) is 17.8 Å². The minimum Gasteiger partial charge on any atom is -0.0620 e. The van der Waals surface area contributed by atoms with Crippen molar-refractivity contribution in [3.8, 4) is 0 Å². The monoisotopic (exact) mass is 138 g/mol. The second-order valence-corrected chi connectivity index (χ2v) is 4.18. The van der Waals surface area contributed by atoms with Gasteiger partial charge in [0.1, 0.15) is 0 Å². The third-order valence-corrected chi connectivity index (χ3v) is 3.58. The smallest absolute Gasteiger partial charge is 0.0355 e. The van der Waals surface area contributed by atoms with E-state index < -0.39 is 0 Å². The van der Waals surface area contributed by atoms with Gasteiger partial charge in [-0.15, -0.1) is 0 Å². The van der Waals surface area contributed by atoms with Crippen molar-refractivity contribution in [3.05, 3.63) is 0 Å². The molecule has 10 heavy (non-hydrogen) atoms. The first-order valence-electron chi connectivity index (χ1n) is 4.89. The molecule has 0 aromatic heterocycles. The minimum absolute atomic E-state index is 1.10. The van der Waals surface area contributed by atoms with Gasteiger partial charge in [0.2, 0.25) is 0 Å². The maximum atomic E-state index is 2.45. The maximum absolute atomic E-state index is 2.45. The highest BCUT2D eigenvalue weighted by Crippen LogP contribution is 2.52. The van der Waals surface area contributed by atoms with Crippen molar-refractivity contribution in [1.29, 1.82) is 0 Å². The van der Waals surface area contributed by atoms with Crippen molar-refractivity contribution in [3.63, 3.8) is 0 Å². The molecular weight excluding hydrogens is 120 g/mol. The maximum Gasteiger partial charge on any atom is -0.0355 e. The highest BCUT2D eigenvalue weighted by Gasteiger charge is 2.44. The van der Waals surface area contributed by atoms with E-state index in [-0.39, 0.29) is 0 Å². The summed E-state index contributed by atoms with van der Waals surface area (Å²) in [6.07, 6.45) is 9.15. The Hall–Kier alpha value is 0. The van der Waals surface area contributed by atoms with Crippen LogP contribution in [0.2, 0.25) is 0 Å². The zero-order chi connectivity index (χ0) is 6.97. The fraction of sp³-hybridized carbons (Fsp3) is 1.00. The average molecular weight is 138 g/mol. The van der Waals surface area contributed by atoms with E-state index in [9.17, 15) is 0 Å². The SMILES string of the molecule is CC1[C@@H]2CCCCCC[C@@H]12. The quantitative estimate of drug-likeness (QED) is 0.482. The average Bonchev–Trinajstić information content (AvgIpc) is 2.39. The molecule has 0 aromatic carbocycles. The lowest BCUT2D eigenvalue weighted by atomic mass is 10.0. The molecule has 0 bridgehead atoms. The molecule has 2 aliphatic carbocycles. The first-order valence-corrected chi connectivity index (χ1v) is 4.89. The van der Waals surface area contributed by atoms with Gasteiger partial charge in [0, 0.05) is 0 Å². The molecule has 0 heterocycles. The summed E-state index contributed by atoms with van der Waals surface area (Å²) < 4.78 is 0. The molecule has 0 aromatic rings. The molecule has 0 heteroatoms. The third kappa shape index (κ3) is 1.09. The van der Waals surface area contributed by atoms with Crippen molar-refractivity contribution in [2.45, 2.75) is 45.4 Å². The predicted molar refractivity (Wildman–Crippen MR) is 43.8 cm³/mol. The molecule has 0 aliphatic heterocycles. The summed E-state index contributed by atoms with van der Waals surface area (Å²) in [5.74, 6) is 3.40. The molecule has 0 amide bonds. The normalized spacial score (nSPS) is 47.1. The Bertz CT molecular complexity index is 103.